The Kier molecular flexibility index (Phi) is 4.16. The van der Waals surface area contributed by atoms with Gasteiger partial charge in [0.25, 0.3) is 0 Å². The maximum Gasteiger partial charge on any atom is 0.305 e. The normalized spacial score (nSPS) is 11.2. The number of rotatable bonds is 3. The van der Waals surface area contributed by atoms with Gasteiger partial charge in [-0.15, -0.1) is 0 Å². The first-order chi connectivity index (χ1) is 5.25. The first-order valence-electron chi connectivity index (χ1n) is 3.97. The molecule has 0 aliphatic heterocycles. The largest absolute Gasteiger partial charge is 0.449 e. The number of nitrogens with two attached hydrogens (primary N) is 1. The van der Waals surface area contributed by atoms with E-state index in [1.165, 1.54) is 0 Å². The van der Waals surface area contributed by atoms with Crippen LogP contribution in [0.2, 0.25) is 6.82 Å². The van der Waals surface area contributed by atoms with Crippen LogP contribution < -0.4 is 5.73 Å². The van der Waals surface area contributed by atoms with Crippen LogP contribution in [0.25, 0.3) is 0 Å². The minimum Gasteiger partial charge on any atom is -0.449 e. The van der Waals surface area contributed by atoms with Gasteiger partial charge in [0, 0.05) is 13.5 Å². The Hall–Kier alpha value is -0.125. The average Bonchev–Trinajstić information content (AvgIpc) is 1.82. The fourth-order valence-electron chi connectivity index (χ4n) is 0.971. The van der Waals surface area contributed by atoms with Crippen LogP contribution in [-0.2, 0) is 0 Å². The van der Waals surface area contributed by atoms with Crippen molar-refractivity contribution in [3.63, 3.8) is 0 Å². The van der Waals surface area contributed by atoms with Gasteiger partial charge >= 0.3 is 6.92 Å². The summed E-state index contributed by atoms with van der Waals surface area (Å²) in [4.78, 5) is 2.48. The molecular formula is C7H17BN2OS. The van der Waals surface area contributed by atoms with Crippen molar-refractivity contribution in [2.45, 2.75) is 26.2 Å². The molecule has 0 heterocycles. The second-order valence-corrected chi connectivity index (χ2v) is 4.14. The van der Waals surface area contributed by atoms with Crippen molar-refractivity contribution >= 4 is 24.1 Å². The number of likely N-dealkylation sites (N-methyl/N-ethyl adjacent to an activating group) is 1. The molecule has 0 amide bonds. The summed E-state index contributed by atoms with van der Waals surface area (Å²) in [6.07, 6.45) is 0.527. The highest BCUT2D eigenvalue weighted by atomic mass is 32.1. The van der Waals surface area contributed by atoms with Gasteiger partial charge in [0.05, 0.1) is 10.5 Å². The van der Waals surface area contributed by atoms with Gasteiger partial charge in [-0.05, 0) is 13.8 Å². The molecule has 5 heteroatoms. The average molecular weight is 188 g/mol. The van der Waals surface area contributed by atoms with Gasteiger partial charge in [0.2, 0.25) is 0 Å². The molecule has 0 fully saturated rings. The topological polar surface area (TPSA) is 49.5 Å². The van der Waals surface area contributed by atoms with Crippen molar-refractivity contribution in [2.24, 2.45) is 5.73 Å². The minimum atomic E-state index is -0.487. The molecule has 0 atom stereocenters. The highest BCUT2D eigenvalue weighted by molar-refractivity contribution is 7.80. The van der Waals surface area contributed by atoms with E-state index in [1.54, 1.807) is 11.7 Å². The zero-order valence-electron chi connectivity index (χ0n) is 8.16. The molecule has 70 valence electrons. The van der Waals surface area contributed by atoms with Crippen LogP contribution in [0.3, 0.4) is 0 Å². The van der Waals surface area contributed by atoms with Gasteiger partial charge in [-0.25, -0.2) is 0 Å². The number of thiocarbonyl (C=S) groups is 1. The van der Waals surface area contributed by atoms with Crippen LogP contribution in [0, 0.1) is 0 Å². The Morgan fingerprint density at radius 2 is 2.08 bits per heavy atom. The van der Waals surface area contributed by atoms with Crippen molar-refractivity contribution < 1.29 is 5.02 Å². The van der Waals surface area contributed by atoms with Crippen LogP contribution in [0.5, 0.6) is 0 Å². The van der Waals surface area contributed by atoms with Crippen molar-refractivity contribution in [1.82, 2.24) is 4.90 Å². The third-order valence-corrected chi connectivity index (χ3v) is 2.27. The highest BCUT2D eigenvalue weighted by Crippen LogP contribution is 2.04. The van der Waals surface area contributed by atoms with E-state index in [2.05, 4.69) is 0 Å². The minimum absolute atomic E-state index is 0.379. The van der Waals surface area contributed by atoms with Crippen molar-refractivity contribution in [1.29, 1.82) is 0 Å². The molecule has 0 rings (SSSR count). The summed E-state index contributed by atoms with van der Waals surface area (Å²) < 4.78 is 0. The Labute approximate surface area is 80.0 Å². The summed E-state index contributed by atoms with van der Waals surface area (Å²) >= 11 is 5.12. The van der Waals surface area contributed by atoms with Crippen molar-refractivity contribution in [3.8, 4) is 0 Å². The van der Waals surface area contributed by atoms with Crippen LogP contribution in [0.4, 0.5) is 0 Å². The van der Waals surface area contributed by atoms with Gasteiger partial charge in [0.1, 0.15) is 0 Å². The van der Waals surface area contributed by atoms with E-state index >= 15 is 0 Å². The summed E-state index contributed by atoms with van der Waals surface area (Å²) in [7, 11) is 1.84. The summed E-state index contributed by atoms with van der Waals surface area (Å²) in [6.45, 7) is 5.06. The second kappa shape index (κ2) is 4.21. The van der Waals surface area contributed by atoms with E-state index in [4.69, 9.17) is 23.0 Å². The SMILES string of the molecule is CB(O)CN(C)C(=S)C(C)(C)N. The van der Waals surface area contributed by atoms with Crippen LogP contribution in [0.1, 0.15) is 13.8 Å². The van der Waals surface area contributed by atoms with Gasteiger partial charge in [-0.2, -0.15) is 0 Å². The summed E-state index contributed by atoms with van der Waals surface area (Å²) in [5, 5.41) is 9.10. The van der Waals surface area contributed by atoms with Gasteiger partial charge in [0.15, 0.2) is 0 Å². The molecule has 0 bridgehead atoms. The molecule has 0 saturated heterocycles. The summed E-state index contributed by atoms with van der Waals surface area (Å²) in [5.74, 6) is 0. The first kappa shape index (κ1) is 11.9. The Balaban J connectivity index is 4.12. The van der Waals surface area contributed by atoms with E-state index in [0.29, 0.717) is 11.4 Å². The van der Waals surface area contributed by atoms with E-state index < -0.39 is 5.54 Å². The molecule has 0 aromatic rings. The van der Waals surface area contributed by atoms with Crippen LogP contribution >= 0.6 is 12.2 Å². The molecule has 12 heavy (non-hydrogen) atoms. The Morgan fingerprint density at radius 1 is 1.67 bits per heavy atom. The summed E-state index contributed by atoms with van der Waals surface area (Å²) in [5.41, 5.74) is 5.30. The second-order valence-electron chi connectivity index (χ2n) is 3.76. The Bertz CT molecular complexity index is 167. The van der Waals surface area contributed by atoms with Gasteiger partial charge < -0.3 is 15.7 Å². The molecular weight excluding hydrogens is 171 g/mol. The van der Waals surface area contributed by atoms with Crippen LogP contribution in [0.15, 0.2) is 0 Å². The zero-order chi connectivity index (χ0) is 9.94. The number of hydrogen-bond acceptors (Lipinski definition) is 3. The molecule has 0 unspecified atom stereocenters. The molecule has 0 radical (unpaired) electrons. The summed E-state index contributed by atoms with van der Waals surface area (Å²) in [6, 6.07) is 0. The lowest BCUT2D eigenvalue weighted by Crippen LogP contribution is -2.50. The van der Waals surface area contributed by atoms with Crippen molar-refractivity contribution in [2.75, 3.05) is 13.5 Å². The monoisotopic (exact) mass is 188 g/mol. The lowest BCUT2D eigenvalue weighted by atomic mass is 9.71. The Morgan fingerprint density at radius 3 is 2.33 bits per heavy atom. The van der Waals surface area contributed by atoms with Crippen molar-refractivity contribution in [3.05, 3.63) is 0 Å². The maximum absolute atomic E-state index is 9.10. The van der Waals surface area contributed by atoms with Gasteiger partial charge in [-0.1, -0.05) is 19.0 Å². The zero-order valence-corrected chi connectivity index (χ0v) is 8.98. The predicted octanol–water partition coefficient (Wildman–Crippen LogP) is 0.136. The molecule has 0 aromatic heterocycles. The quantitative estimate of drug-likeness (QED) is 0.488. The molecule has 0 saturated carbocycles. The predicted molar refractivity (Wildman–Crippen MR) is 57.3 cm³/mol. The molecule has 0 aromatic carbocycles. The number of nitrogens with zero attached hydrogens (tertiary/aromatic N) is 1. The van der Waals surface area contributed by atoms with E-state index in [0.717, 1.165) is 0 Å². The third-order valence-electron chi connectivity index (χ3n) is 1.44. The maximum atomic E-state index is 9.10. The van der Waals surface area contributed by atoms with E-state index in [9.17, 15) is 0 Å². The fourth-order valence-corrected chi connectivity index (χ4v) is 1.05. The highest BCUT2D eigenvalue weighted by Gasteiger charge is 2.22. The lowest BCUT2D eigenvalue weighted by molar-refractivity contribution is 0.487. The van der Waals surface area contributed by atoms with E-state index in [-0.39, 0.29) is 6.92 Å². The molecule has 0 aliphatic rings. The first-order valence-corrected chi connectivity index (χ1v) is 4.38. The third kappa shape index (κ3) is 4.04. The molecule has 3 nitrogen and oxygen atoms in total. The van der Waals surface area contributed by atoms with Gasteiger partial charge in [-0.3, -0.25) is 0 Å². The smallest absolute Gasteiger partial charge is 0.305 e. The standard InChI is InChI=1S/C7H17BN2OS/c1-7(2,9)6(12)10(4)5-8(3)11/h11H,5,9H2,1-4H3. The lowest BCUT2D eigenvalue weighted by Gasteiger charge is -2.29. The number of hydrogen-bond donors (Lipinski definition) is 2. The molecule has 0 aliphatic carbocycles. The fraction of sp³-hybridized carbons (Fsp3) is 0.857. The van der Waals surface area contributed by atoms with E-state index in [1.807, 2.05) is 20.9 Å². The molecule has 3 N–H and O–H groups in total. The van der Waals surface area contributed by atoms with Crippen LogP contribution in [-0.4, -0.2) is 40.9 Å². The molecule has 0 spiro atoms.